The van der Waals surface area contributed by atoms with Gasteiger partial charge in [-0.2, -0.15) is 0 Å². The first-order valence-corrected chi connectivity index (χ1v) is 7.25. The molecule has 3 heteroatoms. The smallest absolute Gasteiger partial charge is 0.224 e. The highest BCUT2D eigenvalue weighted by atomic mass is 16.1. The first-order valence-electron chi connectivity index (χ1n) is 7.25. The second kappa shape index (κ2) is 6.71. The Morgan fingerprint density at radius 2 is 2.11 bits per heavy atom. The molecule has 0 spiro atoms. The van der Waals surface area contributed by atoms with Gasteiger partial charge in [0.2, 0.25) is 5.91 Å². The van der Waals surface area contributed by atoms with Gasteiger partial charge in [0.25, 0.3) is 0 Å². The minimum absolute atomic E-state index is 0.00712. The summed E-state index contributed by atoms with van der Waals surface area (Å²) >= 11 is 0. The molecule has 0 aromatic heterocycles. The van der Waals surface area contributed by atoms with Crippen molar-refractivity contribution in [3.8, 4) is 0 Å². The predicted molar refractivity (Wildman–Crippen MR) is 77.6 cm³/mol. The second-order valence-electron chi connectivity index (χ2n) is 5.62. The van der Waals surface area contributed by atoms with Crippen molar-refractivity contribution < 1.29 is 4.79 Å². The Balaban J connectivity index is 1.89. The number of rotatable bonds is 3. The van der Waals surface area contributed by atoms with E-state index >= 15 is 0 Å². The molecule has 104 valence electrons. The molecule has 1 aromatic carbocycles. The number of hydrogen-bond donors (Lipinski definition) is 2. The zero-order valence-electron chi connectivity index (χ0n) is 11.7. The highest BCUT2D eigenvalue weighted by Crippen LogP contribution is 2.22. The van der Waals surface area contributed by atoms with Crippen LogP contribution in [-0.2, 0) is 11.3 Å². The first kappa shape index (κ1) is 14.1. The fraction of sp³-hybridized carbons (Fsp3) is 0.562. The summed E-state index contributed by atoms with van der Waals surface area (Å²) in [5.41, 5.74) is 8.48. The molecule has 1 aliphatic rings. The molecule has 0 radical (unpaired) electrons. The summed E-state index contributed by atoms with van der Waals surface area (Å²) in [4.78, 5) is 12.2. The van der Waals surface area contributed by atoms with E-state index in [-0.39, 0.29) is 17.9 Å². The molecular formula is C16H24N2O. The number of carbonyl (C=O) groups is 1. The number of nitrogens with two attached hydrogens (primary N) is 1. The van der Waals surface area contributed by atoms with Crippen LogP contribution < -0.4 is 11.1 Å². The molecule has 2 rings (SSSR count). The Kier molecular flexibility index (Phi) is 4.97. The molecule has 0 heterocycles. The lowest BCUT2D eigenvalue weighted by molar-refractivity contribution is -0.126. The van der Waals surface area contributed by atoms with Crippen molar-refractivity contribution in [3.63, 3.8) is 0 Å². The van der Waals surface area contributed by atoms with E-state index in [1.165, 1.54) is 12.0 Å². The summed E-state index contributed by atoms with van der Waals surface area (Å²) in [5, 5.41) is 3.04. The second-order valence-corrected chi connectivity index (χ2v) is 5.62. The van der Waals surface area contributed by atoms with Crippen LogP contribution in [0.5, 0.6) is 0 Å². The monoisotopic (exact) mass is 260 g/mol. The third-order valence-electron chi connectivity index (χ3n) is 3.96. The van der Waals surface area contributed by atoms with Gasteiger partial charge in [-0.3, -0.25) is 4.79 Å². The summed E-state index contributed by atoms with van der Waals surface area (Å²) in [7, 11) is 0. The van der Waals surface area contributed by atoms with Gasteiger partial charge >= 0.3 is 0 Å². The zero-order chi connectivity index (χ0) is 13.7. The Morgan fingerprint density at radius 3 is 2.89 bits per heavy atom. The van der Waals surface area contributed by atoms with E-state index < -0.39 is 0 Å². The Labute approximate surface area is 115 Å². The van der Waals surface area contributed by atoms with Crippen LogP contribution in [0.2, 0.25) is 0 Å². The van der Waals surface area contributed by atoms with E-state index in [1.54, 1.807) is 0 Å². The van der Waals surface area contributed by atoms with Gasteiger partial charge in [-0.15, -0.1) is 0 Å². The molecule has 1 aromatic rings. The van der Waals surface area contributed by atoms with Gasteiger partial charge in [-0.25, -0.2) is 0 Å². The van der Waals surface area contributed by atoms with E-state index in [1.807, 2.05) is 12.1 Å². The highest BCUT2D eigenvalue weighted by Gasteiger charge is 2.26. The molecule has 3 N–H and O–H groups in total. The molecule has 0 bridgehead atoms. The lowest BCUT2D eigenvalue weighted by Crippen LogP contribution is -2.41. The molecule has 1 amide bonds. The quantitative estimate of drug-likeness (QED) is 0.820. The maximum atomic E-state index is 12.2. The van der Waals surface area contributed by atoms with Crippen molar-refractivity contribution in [2.75, 3.05) is 0 Å². The number of benzene rings is 1. The average Bonchev–Trinajstić information content (AvgIpc) is 2.61. The van der Waals surface area contributed by atoms with Gasteiger partial charge in [0.1, 0.15) is 0 Å². The van der Waals surface area contributed by atoms with Crippen molar-refractivity contribution in [1.82, 2.24) is 5.32 Å². The van der Waals surface area contributed by atoms with Crippen molar-refractivity contribution in [2.45, 2.75) is 51.6 Å². The van der Waals surface area contributed by atoms with Crippen molar-refractivity contribution >= 4 is 5.91 Å². The minimum Gasteiger partial charge on any atom is -0.352 e. The standard InChI is InChI=1S/C16H24N2O/c1-12-6-5-7-13(10-12)11-18-16(19)14-8-3-2-4-9-15(14)17/h5-7,10,14-15H,2-4,8-9,11,17H2,1H3,(H,18,19). The molecule has 1 saturated carbocycles. The number of aryl methyl sites for hydroxylation is 1. The molecule has 0 saturated heterocycles. The van der Waals surface area contributed by atoms with Crippen molar-refractivity contribution in [1.29, 1.82) is 0 Å². The number of nitrogens with one attached hydrogen (secondary N) is 1. The Bertz CT molecular complexity index is 431. The van der Waals surface area contributed by atoms with Gasteiger partial charge in [-0.05, 0) is 25.3 Å². The van der Waals surface area contributed by atoms with E-state index in [9.17, 15) is 4.79 Å². The number of carbonyl (C=O) groups excluding carboxylic acids is 1. The molecule has 1 fully saturated rings. The molecule has 19 heavy (non-hydrogen) atoms. The first-order chi connectivity index (χ1) is 9.16. The van der Waals surface area contributed by atoms with Crippen LogP contribution in [0, 0.1) is 12.8 Å². The van der Waals surface area contributed by atoms with E-state index in [0.29, 0.717) is 6.54 Å². The SMILES string of the molecule is Cc1cccc(CNC(=O)C2CCCCCC2N)c1. The summed E-state index contributed by atoms with van der Waals surface area (Å²) in [5.74, 6) is 0.114. The van der Waals surface area contributed by atoms with Crippen molar-refractivity contribution in [2.24, 2.45) is 11.7 Å². The predicted octanol–water partition coefficient (Wildman–Crippen LogP) is 2.52. The molecule has 0 aliphatic heterocycles. The third kappa shape index (κ3) is 4.06. The Hall–Kier alpha value is -1.35. The Morgan fingerprint density at radius 1 is 1.32 bits per heavy atom. The van der Waals surface area contributed by atoms with Crippen LogP contribution in [-0.4, -0.2) is 11.9 Å². The summed E-state index contributed by atoms with van der Waals surface area (Å²) in [6, 6.07) is 8.26. The third-order valence-corrected chi connectivity index (χ3v) is 3.96. The average molecular weight is 260 g/mol. The normalized spacial score (nSPS) is 23.7. The summed E-state index contributed by atoms with van der Waals surface area (Å²) in [6.45, 7) is 2.66. The fourth-order valence-corrected chi connectivity index (χ4v) is 2.80. The maximum Gasteiger partial charge on any atom is 0.224 e. The molecular weight excluding hydrogens is 236 g/mol. The van der Waals surface area contributed by atoms with E-state index in [4.69, 9.17) is 5.73 Å². The van der Waals surface area contributed by atoms with Gasteiger partial charge in [0.05, 0.1) is 5.92 Å². The molecule has 3 nitrogen and oxygen atoms in total. The number of amides is 1. The molecule has 1 aliphatic carbocycles. The van der Waals surface area contributed by atoms with E-state index in [2.05, 4.69) is 24.4 Å². The fourth-order valence-electron chi connectivity index (χ4n) is 2.80. The maximum absolute atomic E-state index is 12.2. The largest absolute Gasteiger partial charge is 0.352 e. The van der Waals surface area contributed by atoms with Gasteiger partial charge in [0, 0.05) is 12.6 Å². The minimum atomic E-state index is -0.00712. The molecule has 2 atom stereocenters. The summed E-state index contributed by atoms with van der Waals surface area (Å²) in [6.07, 6.45) is 5.39. The van der Waals surface area contributed by atoms with Gasteiger partial charge in [0.15, 0.2) is 0 Å². The summed E-state index contributed by atoms with van der Waals surface area (Å²) < 4.78 is 0. The number of hydrogen-bond acceptors (Lipinski definition) is 2. The van der Waals surface area contributed by atoms with Crippen molar-refractivity contribution in [3.05, 3.63) is 35.4 Å². The highest BCUT2D eigenvalue weighted by molar-refractivity contribution is 5.79. The van der Waals surface area contributed by atoms with Crippen LogP contribution in [0.25, 0.3) is 0 Å². The van der Waals surface area contributed by atoms with Crippen LogP contribution >= 0.6 is 0 Å². The lowest BCUT2D eigenvalue weighted by Gasteiger charge is -2.20. The van der Waals surface area contributed by atoms with Crippen LogP contribution in [0.4, 0.5) is 0 Å². The zero-order valence-corrected chi connectivity index (χ0v) is 11.7. The lowest BCUT2D eigenvalue weighted by atomic mass is 9.94. The van der Waals surface area contributed by atoms with Crippen LogP contribution in [0.15, 0.2) is 24.3 Å². The molecule has 2 unspecified atom stereocenters. The van der Waals surface area contributed by atoms with Crippen LogP contribution in [0.1, 0.15) is 43.2 Å². The van der Waals surface area contributed by atoms with Gasteiger partial charge < -0.3 is 11.1 Å². The van der Waals surface area contributed by atoms with Crippen LogP contribution in [0.3, 0.4) is 0 Å². The van der Waals surface area contributed by atoms with Gasteiger partial charge in [-0.1, -0.05) is 49.1 Å². The topological polar surface area (TPSA) is 55.1 Å². The van der Waals surface area contributed by atoms with E-state index in [0.717, 1.165) is 31.2 Å².